The van der Waals surface area contributed by atoms with Gasteiger partial charge in [0.25, 0.3) is 5.91 Å². The standard InChI is InChI=1S/C23H29N3O3S/c1-17-5-3-4-6-20(17)22(27)25-21(11-16-30-2)23(28)24-18-7-9-19(10-8-18)26-12-14-29-15-13-26/h3-10,21H,11-16H2,1-2H3,(H,24,28)(H,25,27)/t21-/m0/s1. The minimum atomic E-state index is -0.594. The molecule has 1 heterocycles. The van der Waals surface area contributed by atoms with Gasteiger partial charge < -0.3 is 20.3 Å². The van der Waals surface area contributed by atoms with E-state index in [9.17, 15) is 9.59 Å². The number of hydrogen-bond donors (Lipinski definition) is 2. The van der Waals surface area contributed by atoms with Gasteiger partial charge >= 0.3 is 0 Å². The van der Waals surface area contributed by atoms with E-state index in [1.54, 1.807) is 17.8 Å². The summed E-state index contributed by atoms with van der Waals surface area (Å²) in [6.07, 6.45) is 2.55. The summed E-state index contributed by atoms with van der Waals surface area (Å²) in [4.78, 5) is 27.9. The van der Waals surface area contributed by atoms with E-state index in [0.29, 0.717) is 12.0 Å². The van der Waals surface area contributed by atoms with Crippen molar-refractivity contribution in [2.45, 2.75) is 19.4 Å². The van der Waals surface area contributed by atoms with Crippen LogP contribution in [0.5, 0.6) is 0 Å². The second-order valence-corrected chi connectivity index (χ2v) is 8.24. The molecule has 0 aliphatic carbocycles. The number of amides is 2. The molecule has 30 heavy (non-hydrogen) atoms. The molecule has 0 spiro atoms. The number of nitrogens with one attached hydrogen (secondary N) is 2. The second-order valence-electron chi connectivity index (χ2n) is 7.26. The van der Waals surface area contributed by atoms with Crippen LogP contribution in [0.4, 0.5) is 11.4 Å². The molecule has 2 amide bonds. The van der Waals surface area contributed by atoms with Crippen LogP contribution in [0.15, 0.2) is 48.5 Å². The molecule has 0 saturated carbocycles. The minimum absolute atomic E-state index is 0.204. The third-order valence-electron chi connectivity index (χ3n) is 5.13. The number of aryl methyl sites for hydroxylation is 1. The predicted molar refractivity (Wildman–Crippen MR) is 124 cm³/mol. The van der Waals surface area contributed by atoms with Crippen molar-refractivity contribution in [2.24, 2.45) is 0 Å². The number of anilines is 2. The Labute approximate surface area is 182 Å². The summed E-state index contributed by atoms with van der Waals surface area (Å²) in [7, 11) is 0. The Bertz CT molecular complexity index is 851. The first-order valence-corrected chi connectivity index (χ1v) is 11.6. The Morgan fingerprint density at radius 1 is 1.10 bits per heavy atom. The highest BCUT2D eigenvalue weighted by Gasteiger charge is 2.22. The topological polar surface area (TPSA) is 70.7 Å². The zero-order valence-electron chi connectivity index (χ0n) is 17.5. The SMILES string of the molecule is CSCC[C@H](NC(=O)c1ccccc1C)C(=O)Nc1ccc(N2CCOCC2)cc1. The number of carbonyl (C=O) groups is 2. The minimum Gasteiger partial charge on any atom is -0.378 e. The highest BCUT2D eigenvalue weighted by Crippen LogP contribution is 2.19. The van der Waals surface area contributed by atoms with Gasteiger partial charge in [0, 0.05) is 30.0 Å². The lowest BCUT2D eigenvalue weighted by molar-refractivity contribution is -0.118. The summed E-state index contributed by atoms with van der Waals surface area (Å²) in [6.45, 7) is 5.09. The molecule has 1 atom stereocenters. The van der Waals surface area contributed by atoms with Crippen molar-refractivity contribution in [3.05, 3.63) is 59.7 Å². The summed E-state index contributed by atoms with van der Waals surface area (Å²) in [5.74, 6) is 0.351. The van der Waals surface area contributed by atoms with Crippen molar-refractivity contribution >= 4 is 35.0 Å². The maximum Gasteiger partial charge on any atom is 0.252 e. The molecule has 1 aliphatic rings. The van der Waals surface area contributed by atoms with Gasteiger partial charge in [-0.25, -0.2) is 0 Å². The van der Waals surface area contributed by atoms with Crippen LogP contribution in [0, 0.1) is 6.92 Å². The molecule has 0 bridgehead atoms. The number of morpholine rings is 1. The molecule has 3 rings (SSSR count). The van der Waals surface area contributed by atoms with E-state index in [0.717, 1.165) is 49.0 Å². The van der Waals surface area contributed by atoms with E-state index in [1.807, 2.05) is 55.6 Å². The Balaban J connectivity index is 1.64. The fourth-order valence-corrected chi connectivity index (χ4v) is 3.85. The molecule has 0 radical (unpaired) electrons. The second kappa shape index (κ2) is 11.0. The van der Waals surface area contributed by atoms with Gasteiger partial charge in [0.1, 0.15) is 6.04 Å². The summed E-state index contributed by atoms with van der Waals surface area (Å²) in [6, 6.07) is 14.6. The number of carbonyl (C=O) groups excluding carboxylic acids is 2. The average molecular weight is 428 g/mol. The van der Waals surface area contributed by atoms with Gasteiger partial charge in [0.05, 0.1) is 13.2 Å². The van der Waals surface area contributed by atoms with Crippen LogP contribution in [0.3, 0.4) is 0 Å². The van der Waals surface area contributed by atoms with Crippen LogP contribution in [0.2, 0.25) is 0 Å². The molecule has 2 aromatic carbocycles. The molecule has 7 heteroatoms. The summed E-state index contributed by atoms with van der Waals surface area (Å²) >= 11 is 1.65. The monoisotopic (exact) mass is 427 g/mol. The third kappa shape index (κ3) is 6.00. The molecule has 2 aromatic rings. The highest BCUT2D eigenvalue weighted by molar-refractivity contribution is 7.98. The Morgan fingerprint density at radius 2 is 1.80 bits per heavy atom. The van der Waals surface area contributed by atoms with Gasteiger partial charge in [-0.15, -0.1) is 0 Å². The lowest BCUT2D eigenvalue weighted by Crippen LogP contribution is -2.44. The summed E-state index contributed by atoms with van der Waals surface area (Å²) in [5, 5.41) is 5.85. The number of hydrogen-bond acceptors (Lipinski definition) is 5. The number of nitrogens with zero attached hydrogens (tertiary/aromatic N) is 1. The smallest absolute Gasteiger partial charge is 0.252 e. The third-order valence-corrected chi connectivity index (χ3v) is 5.78. The normalized spacial score (nSPS) is 14.8. The highest BCUT2D eigenvalue weighted by atomic mass is 32.2. The van der Waals surface area contributed by atoms with Crippen LogP contribution >= 0.6 is 11.8 Å². The van der Waals surface area contributed by atoms with Crippen LogP contribution in [-0.4, -0.2) is 56.2 Å². The molecule has 0 unspecified atom stereocenters. The van der Waals surface area contributed by atoms with Crippen LogP contribution in [0.25, 0.3) is 0 Å². The molecule has 1 aliphatic heterocycles. The zero-order chi connectivity index (χ0) is 21.3. The Hall–Kier alpha value is -2.51. The first-order chi connectivity index (χ1) is 14.6. The van der Waals surface area contributed by atoms with Gasteiger partial charge in [-0.05, 0) is 61.2 Å². The largest absolute Gasteiger partial charge is 0.378 e. The number of ether oxygens (including phenoxy) is 1. The molecule has 1 saturated heterocycles. The molecule has 160 valence electrons. The molecule has 2 N–H and O–H groups in total. The number of benzene rings is 2. The predicted octanol–water partition coefficient (Wildman–Crippen LogP) is 3.32. The first kappa shape index (κ1) is 22.2. The molecule has 1 fully saturated rings. The van der Waals surface area contributed by atoms with Crippen molar-refractivity contribution in [3.8, 4) is 0 Å². The quantitative estimate of drug-likeness (QED) is 0.676. The lowest BCUT2D eigenvalue weighted by atomic mass is 10.1. The molecular formula is C23H29N3O3S. The van der Waals surface area contributed by atoms with Gasteiger partial charge in [0.15, 0.2) is 0 Å². The maximum atomic E-state index is 12.9. The van der Waals surface area contributed by atoms with Crippen molar-refractivity contribution in [1.82, 2.24) is 5.32 Å². The van der Waals surface area contributed by atoms with Crippen molar-refractivity contribution in [1.29, 1.82) is 0 Å². The van der Waals surface area contributed by atoms with Crippen molar-refractivity contribution in [3.63, 3.8) is 0 Å². The Kier molecular flexibility index (Phi) is 8.16. The number of thioether (sulfide) groups is 1. The van der Waals surface area contributed by atoms with E-state index < -0.39 is 6.04 Å². The van der Waals surface area contributed by atoms with E-state index in [1.165, 1.54) is 0 Å². The van der Waals surface area contributed by atoms with Gasteiger partial charge in [-0.3, -0.25) is 9.59 Å². The van der Waals surface area contributed by atoms with Crippen LogP contribution < -0.4 is 15.5 Å². The van der Waals surface area contributed by atoms with Gasteiger partial charge in [0.2, 0.25) is 5.91 Å². The first-order valence-electron chi connectivity index (χ1n) is 10.2. The summed E-state index contributed by atoms with van der Waals surface area (Å²) in [5.41, 5.74) is 3.31. The van der Waals surface area contributed by atoms with E-state index in [4.69, 9.17) is 4.74 Å². The van der Waals surface area contributed by atoms with E-state index in [2.05, 4.69) is 15.5 Å². The average Bonchev–Trinajstić information content (AvgIpc) is 2.78. The fraction of sp³-hybridized carbons (Fsp3) is 0.391. The Morgan fingerprint density at radius 3 is 2.47 bits per heavy atom. The van der Waals surface area contributed by atoms with Crippen molar-refractivity contribution in [2.75, 3.05) is 48.5 Å². The van der Waals surface area contributed by atoms with Crippen molar-refractivity contribution < 1.29 is 14.3 Å². The molecule has 6 nitrogen and oxygen atoms in total. The van der Waals surface area contributed by atoms with Crippen LogP contribution in [0.1, 0.15) is 22.3 Å². The lowest BCUT2D eigenvalue weighted by Gasteiger charge is -2.29. The van der Waals surface area contributed by atoms with E-state index >= 15 is 0 Å². The maximum absolute atomic E-state index is 12.9. The molecule has 0 aromatic heterocycles. The van der Waals surface area contributed by atoms with E-state index in [-0.39, 0.29) is 11.8 Å². The zero-order valence-corrected chi connectivity index (χ0v) is 18.3. The number of rotatable bonds is 8. The van der Waals surface area contributed by atoms with Crippen LogP contribution in [-0.2, 0) is 9.53 Å². The molecular weight excluding hydrogens is 398 g/mol. The summed E-state index contributed by atoms with van der Waals surface area (Å²) < 4.78 is 5.39. The fourth-order valence-electron chi connectivity index (χ4n) is 3.37. The van der Waals surface area contributed by atoms with Gasteiger partial charge in [-0.1, -0.05) is 18.2 Å². The van der Waals surface area contributed by atoms with Gasteiger partial charge in [-0.2, -0.15) is 11.8 Å².